The normalized spacial score (nSPS) is 11.9. The molecule has 1 rings (SSSR count). The second-order valence-electron chi connectivity index (χ2n) is 3.82. The third-order valence-corrected chi connectivity index (χ3v) is 2.30. The fraction of sp³-hybridized carbons (Fsp3) is 0.462. The van der Waals surface area contributed by atoms with E-state index in [-0.39, 0.29) is 12.1 Å². The minimum atomic E-state index is -0.166. The Morgan fingerprint density at radius 2 is 2.00 bits per heavy atom. The zero-order valence-electron chi connectivity index (χ0n) is 10.4. The molecule has 0 spiro atoms. The van der Waals surface area contributed by atoms with E-state index in [4.69, 9.17) is 4.74 Å². The Bertz CT molecular complexity index is 327. The van der Waals surface area contributed by atoms with Crippen molar-refractivity contribution in [3.8, 4) is 0 Å². The van der Waals surface area contributed by atoms with Gasteiger partial charge in [0, 0.05) is 19.7 Å². The van der Waals surface area contributed by atoms with Gasteiger partial charge in [-0.3, -0.25) is 0 Å². The Morgan fingerprint density at radius 3 is 2.65 bits per heavy atom. The van der Waals surface area contributed by atoms with Crippen molar-refractivity contribution in [3.63, 3.8) is 0 Å². The van der Waals surface area contributed by atoms with E-state index in [2.05, 4.69) is 10.6 Å². The molecule has 0 radical (unpaired) electrons. The van der Waals surface area contributed by atoms with Crippen LogP contribution in [0.15, 0.2) is 30.3 Å². The molecule has 0 heterocycles. The monoisotopic (exact) mass is 236 g/mol. The van der Waals surface area contributed by atoms with Crippen LogP contribution in [0.4, 0.5) is 4.79 Å². The van der Waals surface area contributed by atoms with Gasteiger partial charge < -0.3 is 15.4 Å². The van der Waals surface area contributed by atoms with Crippen LogP contribution in [0.1, 0.15) is 19.4 Å². The molecule has 0 bridgehead atoms. The first kappa shape index (κ1) is 13.5. The van der Waals surface area contributed by atoms with E-state index in [0.717, 1.165) is 5.56 Å². The van der Waals surface area contributed by atoms with Crippen LogP contribution in [0.5, 0.6) is 0 Å². The zero-order valence-corrected chi connectivity index (χ0v) is 10.4. The van der Waals surface area contributed by atoms with Crippen LogP contribution in [0.3, 0.4) is 0 Å². The standard InChI is InChI=1S/C13H20N2O2/c1-3-17-11(2)9-14-13(16)15-10-12-7-5-4-6-8-12/h4-8,11H,3,9-10H2,1-2H3,(H2,14,15,16). The number of benzene rings is 1. The molecular formula is C13H20N2O2. The topological polar surface area (TPSA) is 50.4 Å². The highest BCUT2D eigenvalue weighted by Crippen LogP contribution is 1.96. The summed E-state index contributed by atoms with van der Waals surface area (Å²) in [5, 5.41) is 5.55. The highest BCUT2D eigenvalue weighted by Gasteiger charge is 2.04. The van der Waals surface area contributed by atoms with Crippen LogP contribution in [0.2, 0.25) is 0 Å². The van der Waals surface area contributed by atoms with Crippen molar-refractivity contribution in [1.29, 1.82) is 0 Å². The van der Waals surface area contributed by atoms with E-state index in [1.54, 1.807) is 0 Å². The summed E-state index contributed by atoms with van der Waals surface area (Å²) < 4.78 is 5.31. The molecule has 1 atom stereocenters. The molecular weight excluding hydrogens is 216 g/mol. The molecule has 1 aromatic rings. The summed E-state index contributed by atoms with van der Waals surface area (Å²) in [6.07, 6.45) is 0.0440. The lowest BCUT2D eigenvalue weighted by Crippen LogP contribution is -2.39. The third kappa shape index (κ3) is 5.92. The fourth-order valence-corrected chi connectivity index (χ4v) is 1.42. The van der Waals surface area contributed by atoms with Crippen molar-refractivity contribution in [2.24, 2.45) is 0 Å². The second-order valence-corrected chi connectivity index (χ2v) is 3.82. The van der Waals surface area contributed by atoms with Crippen LogP contribution < -0.4 is 10.6 Å². The average molecular weight is 236 g/mol. The van der Waals surface area contributed by atoms with Gasteiger partial charge in [0.25, 0.3) is 0 Å². The molecule has 0 fully saturated rings. The van der Waals surface area contributed by atoms with Crippen molar-refractivity contribution in [2.45, 2.75) is 26.5 Å². The maximum absolute atomic E-state index is 11.4. The van der Waals surface area contributed by atoms with E-state index < -0.39 is 0 Å². The number of carbonyl (C=O) groups is 1. The van der Waals surface area contributed by atoms with Gasteiger partial charge in [-0.25, -0.2) is 4.79 Å². The average Bonchev–Trinajstić information content (AvgIpc) is 2.35. The Balaban J connectivity index is 2.17. The highest BCUT2D eigenvalue weighted by atomic mass is 16.5. The first-order chi connectivity index (χ1) is 8.22. The molecule has 17 heavy (non-hydrogen) atoms. The van der Waals surface area contributed by atoms with E-state index in [1.165, 1.54) is 0 Å². The van der Waals surface area contributed by atoms with Gasteiger partial charge in [-0.1, -0.05) is 30.3 Å². The Kier molecular flexibility index (Phi) is 6.10. The summed E-state index contributed by atoms with van der Waals surface area (Å²) in [5.74, 6) is 0. The molecule has 0 aliphatic carbocycles. The number of nitrogens with one attached hydrogen (secondary N) is 2. The summed E-state index contributed by atoms with van der Waals surface area (Å²) >= 11 is 0. The van der Waals surface area contributed by atoms with Crippen LogP contribution in [0, 0.1) is 0 Å². The molecule has 0 saturated carbocycles. The summed E-state index contributed by atoms with van der Waals surface area (Å²) in [5.41, 5.74) is 1.08. The van der Waals surface area contributed by atoms with E-state index in [9.17, 15) is 4.79 Å². The Morgan fingerprint density at radius 1 is 1.29 bits per heavy atom. The first-order valence-electron chi connectivity index (χ1n) is 5.89. The maximum Gasteiger partial charge on any atom is 0.315 e. The number of rotatable bonds is 6. The number of urea groups is 1. The largest absolute Gasteiger partial charge is 0.377 e. The first-order valence-corrected chi connectivity index (χ1v) is 5.89. The molecule has 1 aromatic carbocycles. The number of carbonyl (C=O) groups excluding carboxylic acids is 1. The summed E-state index contributed by atoms with van der Waals surface area (Å²) in [4.78, 5) is 11.4. The van der Waals surface area contributed by atoms with E-state index in [0.29, 0.717) is 19.7 Å². The van der Waals surface area contributed by atoms with Gasteiger partial charge in [0.15, 0.2) is 0 Å². The van der Waals surface area contributed by atoms with Crippen LogP contribution in [-0.4, -0.2) is 25.3 Å². The molecule has 1 unspecified atom stereocenters. The molecule has 4 heteroatoms. The quantitative estimate of drug-likeness (QED) is 0.792. The van der Waals surface area contributed by atoms with Crippen molar-refractivity contribution in [1.82, 2.24) is 10.6 Å². The number of amides is 2. The lowest BCUT2D eigenvalue weighted by molar-refractivity contribution is 0.0776. The number of ether oxygens (including phenoxy) is 1. The minimum Gasteiger partial charge on any atom is -0.377 e. The van der Waals surface area contributed by atoms with Crippen molar-refractivity contribution >= 4 is 6.03 Å². The zero-order chi connectivity index (χ0) is 12.5. The smallest absolute Gasteiger partial charge is 0.315 e. The van der Waals surface area contributed by atoms with Crippen LogP contribution in [0.25, 0.3) is 0 Å². The SMILES string of the molecule is CCOC(C)CNC(=O)NCc1ccccc1. The van der Waals surface area contributed by atoms with Gasteiger partial charge in [-0.2, -0.15) is 0 Å². The Hall–Kier alpha value is -1.55. The van der Waals surface area contributed by atoms with Gasteiger partial charge in [0.2, 0.25) is 0 Å². The predicted molar refractivity (Wildman–Crippen MR) is 67.8 cm³/mol. The van der Waals surface area contributed by atoms with Gasteiger partial charge in [-0.15, -0.1) is 0 Å². The van der Waals surface area contributed by atoms with E-state index in [1.807, 2.05) is 44.2 Å². The molecule has 4 nitrogen and oxygen atoms in total. The Labute approximate surface area is 102 Å². The van der Waals surface area contributed by atoms with Gasteiger partial charge in [0.05, 0.1) is 6.10 Å². The third-order valence-electron chi connectivity index (χ3n) is 2.30. The molecule has 0 aliphatic heterocycles. The number of hydrogen-bond donors (Lipinski definition) is 2. The molecule has 2 N–H and O–H groups in total. The lowest BCUT2D eigenvalue weighted by Gasteiger charge is -2.13. The fourth-order valence-electron chi connectivity index (χ4n) is 1.42. The van der Waals surface area contributed by atoms with Gasteiger partial charge in [-0.05, 0) is 19.4 Å². The summed E-state index contributed by atoms with van der Waals surface area (Å²) in [6.45, 7) is 5.59. The van der Waals surface area contributed by atoms with Crippen molar-refractivity contribution < 1.29 is 9.53 Å². The predicted octanol–water partition coefficient (Wildman–Crippen LogP) is 1.91. The molecule has 0 saturated heterocycles. The minimum absolute atomic E-state index is 0.0440. The summed E-state index contributed by atoms with van der Waals surface area (Å²) in [7, 11) is 0. The molecule has 0 aromatic heterocycles. The lowest BCUT2D eigenvalue weighted by atomic mass is 10.2. The van der Waals surface area contributed by atoms with Crippen LogP contribution in [-0.2, 0) is 11.3 Å². The number of hydrogen-bond acceptors (Lipinski definition) is 2. The van der Waals surface area contributed by atoms with Gasteiger partial charge in [0.1, 0.15) is 0 Å². The summed E-state index contributed by atoms with van der Waals surface area (Å²) in [6, 6.07) is 9.64. The van der Waals surface area contributed by atoms with Crippen molar-refractivity contribution in [2.75, 3.05) is 13.2 Å². The maximum atomic E-state index is 11.4. The molecule has 0 aliphatic rings. The van der Waals surface area contributed by atoms with Crippen LogP contribution >= 0.6 is 0 Å². The van der Waals surface area contributed by atoms with Crippen molar-refractivity contribution in [3.05, 3.63) is 35.9 Å². The van der Waals surface area contributed by atoms with E-state index >= 15 is 0 Å². The highest BCUT2D eigenvalue weighted by molar-refractivity contribution is 5.73. The van der Waals surface area contributed by atoms with Gasteiger partial charge >= 0.3 is 6.03 Å². The second kappa shape index (κ2) is 7.68. The molecule has 94 valence electrons. The molecule has 2 amide bonds.